The predicted octanol–water partition coefficient (Wildman–Crippen LogP) is -0.378. The average Bonchev–Trinajstić information content (AvgIpc) is 2.96. The molecule has 9 heteroatoms. The van der Waals surface area contributed by atoms with Crippen molar-refractivity contribution in [3.8, 4) is 0 Å². The average molecular weight is 274 g/mol. The molecule has 0 aliphatic carbocycles. The van der Waals surface area contributed by atoms with Gasteiger partial charge in [-0.25, -0.2) is 4.79 Å². The SMILES string of the molecule is O=C(O)C=Cc1ccc(C(=O)NCc2nn[nH]n2)nc1. The molecule has 0 fully saturated rings. The quantitative estimate of drug-likeness (QED) is 0.633. The minimum absolute atomic E-state index is 0.137. The highest BCUT2D eigenvalue weighted by Crippen LogP contribution is 2.03. The zero-order valence-corrected chi connectivity index (χ0v) is 10.1. The Morgan fingerprint density at radius 3 is 2.85 bits per heavy atom. The topological polar surface area (TPSA) is 134 Å². The molecule has 0 saturated heterocycles. The molecule has 0 radical (unpaired) electrons. The van der Waals surface area contributed by atoms with E-state index < -0.39 is 5.97 Å². The van der Waals surface area contributed by atoms with E-state index in [2.05, 4.69) is 30.9 Å². The fourth-order valence-electron chi connectivity index (χ4n) is 1.31. The van der Waals surface area contributed by atoms with Crippen molar-refractivity contribution in [1.82, 2.24) is 30.9 Å². The highest BCUT2D eigenvalue weighted by molar-refractivity contribution is 5.92. The largest absolute Gasteiger partial charge is 0.478 e. The van der Waals surface area contributed by atoms with Crippen molar-refractivity contribution in [2.75, 3.05) is 0 Å². The van der Waals surface area contributed by atoms with Gasteiger partial charge in [0.1, 0.15) is 5.69 Å². The third-order valence-electron chi connectivity index (χ3n) is 2.23. The predicted molar refractivity (Wildman–Crippen MR) is 66.3 cm³/mol. The number of rotatable bonds is 5. The minimum Gasteiger partial charge on any atom is -0.478 e. The van der Waals surface area contributed by atoms with Crippen LogP contribution in [-0.4, -0.2) is 42.6 Å². The van der Waals surface area contributed by atoms with Gasteiger partial charge < -0.3 is 10.4 Å². The lowest BCUT2D eigenvalue weighted by atomic mass is 10.2. The number of carbonyl (C=O) groups is 2. The molecule has 0 aromatic carbocycles. The number of carboxylic acids is 1. The van der Waals surface area contributed by atoms with E-state index in [1.807, 2.05) is 0 Å². The molecule has 0 spiro atoms. The summed E-state index contributed by atoms with van der Waals surface area (Å²) in [5, 5.41) is 24.1. The molecule has 0 bridgehead atoms. The van der Waals surface area contributed by atoms with Gasteiger partial charge in [0.25, 0.3) is 5.91 Å². The summed E-state index contributed by atoms with van der Waals surface area (Å²) in [7, 11) is 0. The Hall–Kier alpha value is -3.10. The summed E-state index contributed by atoms with van der Waals surface area (Å²) >= 11 is 0. The molecule has 2 aromatic rings. The molecule has 0 unspecified atom stereocenters. The number of pyridine rings is 1. The van der Waals surface area contributed by atoms with E-state index in [4.69, 9.17) is 5.11 Å². The maximum Gasteiger partial charge on any atom is 0.328 e. The Morgan fingerprint density at radius 1 is 1.40 bits per heavy atom. The molecule has 9 nitrogen and oxygen atoms in total. The summed E-state index contributed by atoms with van der Waals surface area (Å²) in [6.07, 6.45) is 3.78. The zero-order valence-electron chi connectivity index (χ0n) is 10.1. The number of aromatic amines is 1. The first-order valence-corrected chi connectivity index (χ1v) is 5.53. The first-order chi connectivity index (χ1) is 9.65. The van der Waals surface area contributed by atoms with E-state index in [-0.39, 0.29) is 18.1 Å². The van der Waals surface area contributed by atoms with Crippen LogP contribution in [0.4, 0.5) is 0 Å². The lowest BCUT2D eigenvalue weighted by Gasteiger charge is -2.01. The standard InChI is InChI=1S/C11H10N6O3/c18-10(19)4-2-7-1-3-8(12-5-7)11(20)13-6-9-14-16-17-15-9/h1-5H,6H2,(H,13,20)(H,18,19)(H,14,15,16,17). The molecule has 2 rings (SSSR count). The number of amides is 1. The summed E-state index contributed by atoms with van der Waals surface area (Å²) in [5.41, 5.74) is 0.795. The van der Waals surface area contributed by atoms with Crippen molar-refractivity contribution >= 4 is 18.0 Å². The minimum atomic E-state index is -1.05. The molecule has 2 heterocycles. The number of hydrogen-bond donors (Lipinski definition) is 3. The molecule has 0 saturated carbocycles. The van der Waals surface area contributed by atoms with E-state index in [9.17, 15) is 9.59 Å². The van der Waals surface area contributed by atoms with Crippen LogP contribution in [0.1, 0.15) is 21.9 Å². The van der Waals surface area contributed by atoms with Gasteiger partial charge in [0.15, 0.2) is 5.82 Å². The van der Waals surface area contributed by atoms with Crippen molar-refractivity contribution in [2.45, 2.75) is 6.54 Å². The molecule has 2 aromatic heterocycles. The monoisotopic (exact) mass is 274 g/mol. The van der Waals surface area contributed by atoms with E-state index in [1.54, 1.807) is 6.07 Å². The van der Waals surface area contributed by atoms with Gasteiger partial charge in [-0.15, -0.1) is 10.2 Å². The van der Waals surface area contributed by atoms with Crippen LogP contribution in [0.25, 0.3) is 6.08 Å². The fraction of sp³-hybridized carbons (Fsp3) is 0.0909. The third-order valence-corrected chi connectivity index (χ3v) is 2.23. The van der Waals surface area contributed by atoms with Gasteiger partial charge in [-0.1, -0.05) is 11.3 Å². The summed E-state index contributed by atoms with van der Waals surface area (Å²) in [6, 6.07) is 3.09. The van der Waals surface area contributed by atoms with E-state index in [1.165, 1.54) is 18.3 Å². The van der Waals surface area contributed by atoms with Crippen molar-refractivity contribution in [1.29, 1.82) is 0 Å². The Morgan fingerprint density at radius 2 is 2.25 bits per heavy atom. The van der Waals surface area contributed by atoms with Gasteiger partial charge in [0.05, 0.1) is 6.54 Å². The third kappa shape index (κ3) is 3.70. The molecule has 0 aliphatic heterocycles. The van der Waals surface area contributed by atoms with Gasteiger partial charge in [-0.05, 0) is 17.7 Å². The normalized spacial score (nSPS) is 10.6. The smallest absolute Gasteiger partial charge is 0.328 e. The number of nitrogens with zero attached hydrogens (tertiary/aromatic N) is 4. The van der Waals surface area contributed by atoms with Crippen LogP contribution in [0.15, 0.2) is 24.4 Å². The Bertz CT molecular complexity index is 620. The summed E-state index contributed by atoms with van der Waals surface area (Å²) in [5.74, 6) is -1.07. The van der Waals surface area contributed by atoms with Crippen LogP contribution in [0.2, 0.25) is 0 Å². The van der Waals surface area contributed by atoms with Crippen molar-refractivity contribution < 1.29 is 14.7 Å². The molecule has 102 valence electrons. The number of hydrogen-bond acceptors (Lipinski definition) is 6. The summed E-state index contributed by atoms with van der Waals surface area (Å²) in [4.78, 5) is 26.0. The second-order valence-electron chi connectivity index (χ2n) is 3.66. The van der Waals surface area contributed by atoms with Crippen molar-refractivity contribution in [3.63, 3.8) is 0 Å². The summed E-state index contributed by atoms with van der Waals surface area (Å²) in [6.45, 7) is 0.137. The summed E-state index contributed by atoms with van der Waals surface area (Å²) < 4.78 is 0. The molecule has 3 N–H and O–H groups in total. The zero-order chi connectivity index (χ0) is 14.4. The number of aromatic nitrogens is 5. The lowest BCUT2D eigenvalue weighted by molar-refractivity contribution is -0.131. The van der Waals surface area contributed by atoms with Gasteiger partial charge in [-0.3, -0.25) is 9.78 Å². The molecular formula is C11H10N6O3. The Balaban J connectivity index is 1.95. The first-order valence-electron chi connectivity index (χ1n) is 5.53. The molecule has 1 amide bonds. The van der Waals surface area contributed by atoms with Crippen LogP contribution in [0.5, 0.6) is 0 Å². The van der Waals surface area contributed by atoms with E-state index >= 15 is 0 Å². The van der Waals surface area contributed by atoms with Gasteiger partial charge in [-0.2, -0.15) is 5.21 Å². The second-order valence-corrected chi connectivity index (χ2v) is 3.66. The lowest BCUT2D eigenvalue weighted by Crippen LogP contribution is -2.24. The number of carboxylic acid groups (broad SMARTS) is 1. The van der Waals surface area contributed by atoms with E-state index in [0.29, 0.717) is 11.4 Å². The number of nitrogens with one attached hydrogen (secondary N) is 2. The molecule has 0 atom stereocenters. The molecule has 0 aliphatic rings. The maximum atomic E-state index is 11.7. The van der Waals surface area contributed by atoms with Crippen LogP contribution < -0.4 is 5.32 Å². The number of aliphatic carboxylic acids is 1. The highest BCUT2D eigenvalue weighted by Gasteiger charge is 2.07. The number of H-pyrrole nitrogens is 1. The Labute approximate surface area is 112 Å². The van der Waals surface area contributed by atoms with Crippen molar-refractivity contribution in [3.05, 3.63) is 41.5 Å². The fourth-order valence-corrected chi connectivity index (χ4v) is 1.31. The van der Waals surface area contributed by atoms with Crippen molar-refractivity contribution in [2.24, 2.45) is 0 Å². The molecular weight excluding hydrogens is 264 g/mol. The van der Waals surface area contributed by atoms with Gasteiger partial charge in [0.2, 0.25) is 0 Å². The maximum absolute atomic E-state index is 11.7. The highest BCUT2D eigenvalue weighted by atomic mass is 16.4. The van der Waals surface area contributed by atoms with Crippen LogP contribution in [-0.2, 0) is 11.3 Å². The first kappa shape index (κ1) is 13.3. The number of carbonyl (C=O) groups excluding carboxylic acids is 1. The second kappa shape index (κ2) is 6.18. The molecule has 20 heavy (non-hydrogen) atoms. The van der Waals surface area contributed by atoms with Crippen LogP contribution in [0.3, 0.4) is 0 Å². The van der Waals surface area contributed by atoms with Gasteiger partial charge in [0, 0.05) is 12.3 Å². The number of tetrazole rings is 1. The van der Waals surface area contributed by atoms with Crippen LogP contribution >= 0.6 is 0 Å². The van der Waals surface area contributed by atoms with Gasteiger partial charge >= 0.3 is 5.97 Å². The van der Waals surface area contributed by atoms with Crippen LogP contribution in [0, 0.1) is 0 Å². The Kier molecular flexibility index (Phi) is 4.12. The van der Waals surface area contributed by atoms with E-state index in [0.717, 1.165) is 6.08 Å².